The Labute approximate surface area is 201 Å². The molecule has 1 aliphatic heterocycles. The van der Waals surface area contributed by atoms with Gasteiger partial charge in [0.2, 0.25) is 0 Å². The van der Waals surface area contributed by atoms with Crippen molar-refractivity contribution in [3.63, 3.8) is 0 Å². The first-order chi connectivity index (χ1) is 16.1. The van der Waals surface area contributed by atoms with Crippen LogP contribution in [0.3, 0.4) is 0 Å². The van der Waals surface area contributed by atoms with Crippen molar-refractivity contribution >= 4 is 18.6 Å². The second-order valence-corrected chi connectivity index (χ2v) is 10.5. The third kappa shape index (κ3) is 4.03. The molecule has 180 valence electrons. The summed E-state index contributed by atoms with van der Waals surface area (Å²) in [5, 5.41) is 0. The average Bonchev–Trinajstić information content (AvgIpc) is 3.41. The minimum atomic E-state index is -0.525. The van der Waals surface area contributed by atoms with Crippen LogP contribution >= 0.6 is 0 Å². The molecule has 7 heteroatoms. The highest BCUT2D eigenvalue weighted by molar-refractivity contribution is 6.62. The van der Waals surface area contributed by atoms with E-state index in [1.807, 2.05) is 58.9 Å². The van der Waals surface area contributed by atoms with Gasteiger partial charge in [-0.3, -0.25) is 4.79 Å². The third-order valence-corrected chi connectivity index (χ3v) is 7.79. The van der Waals surface area contributed by atoms with E-state index >= 15 is 0 Å². The van der Waals surface area contributed by atoms with Crippen LogP contribution in [0.5, 0.6) is 5.75 Å². The maximum atomic E-state index is 15.0. The second kappa shape index (κ2) is 8.38. The lowest BCUT2D eigenvalue weighted by Crippen LogP contribution is -2.41. The van der Waals surface area contributed by atoms with Gasteiger partial charge in [0.05, 0.1) is 23.7 Å². The summed E-state index contributed by atoms with van der Waals surface area (Å²) in [5.74, 6) is 0.472. The van der Waals surface area contributed by atoms with Crippen LogP contribution in [0.1, 0.15) is 76.2 Å². The quantitative estimate of drug-likeness (QED) is 0.450. The van der Waals surface area contributed by atoms with Crippen LogP contribution < -0.4 is 10.2 Å². The van der Waals surface area contributed by atoms with Gasteiger partial charge in [-0.05, 0) is 94.6 Å². The maximum absolute atomic E-state index is 15.0. The van der Waals surface area contributed by atoms with Crippen LogP contribution in [-0.4, -0.2) is 30.9 Å². The van der Waals surface area contributed by atoms with Crippen LogP contribution in [0.4, 0.5) is 4.39 Å². The van der Waals surface area contributed by atoms with Crippen molar-refractivity contribution in [2.24, 2.45) is 5.92 Å². The number of hydrogen-bond donors (Lipinski definition) is 0. The summed E-state index contributed by atoms with van der Waals surface area (Å²) in [6.07, 6.45) is 1.86. The summed E-state index contributed by atoms with van der Waals surface area (Å²) in [4.78, 5) is 11.9. The fourth-order valence-electron chi connectivity index (χ4n) is 5.04. The molecule has 3 aliphatic rings. The number of rotatable bonds is 6. The molecule has 5 nitrogen and oxygen atoms in total. The summed E-state index contributed by atoms with van der Waals surface area (Å²) >= 11 is 0. The Kier molecular flexibility index (Phi) is 5.76. The summed E-state index contributed by atoms with van der Waals surface area (Å²) in [6, 6.07) is 11.1. The van der Waals surface area contributed by atoms with Crippen LogP contribution in [0.25, 0.3) is 0 Å². The minimum absolute atomic E-state index is 0.0454. The molecule has 0 spiro atoms. The maximum Gasteiger partial charge on any atom is 0.495 e. The van der Waals surface area contributed by atoms with Crippen molar-refractivity contribution in [3.8, 4) is 5.75 Å². The molecule has 0 N–H and O–H groups in total. The van der Waals surface area contributed by atoms with Crippen molar-refractivity contribution in [2.45, 2.75) is 77.1 Å². The Bertz CT molecular complexity index is 1080. The SMILES string of the molecule is CCOC(=O)[C@@H]1C[C@H]1c1ccc(O[C@@H]2CCc3c(B4OC(C)(C)C(C)(C)O4)ccc(F)c32)cc1. The molecule has 2 fully saturated rings. The molecule has 2 aromatic carbocycles. The van der Waals surface area contributed by atoms with Crippen LogP contribution in [0, 0.1) is 11.7 Å². The molecule has 0 amide bonds. The molecule has 0 unspecified atom stereocenters. The number of carbonyl (C=O) groups excluding carboxylic acids is 1. The van der Waals surface area contributed by atoms with Crippen molar-refractivity contribution in [1.82, 2.24) is 0 Å². The molecule has 3 atom stereocenters. The fraction of sp³-hybridized carbons (Fsp3) is 0.519. The van der Waals surface area contributed by atoms with Crippen molar-refractivity contribution in [3.05, 3.63) is 58.9 Å². The first-order valence-electron chi connectivity index (χ1n) is 12.2. The predicted molar refractivity (Wildman–Crippen MR) is 128 cm³/mol. The number of halogens is 1. The van der Waals surface area contributed by atoms with Gasteiger partial charge in [0.1, 0.15) is 17.7 Å². The minimum Gasteiger partial charge on any atom is -0.486 e. The Morgan fingerprint density at radius 1 is 1.09 bits per heavy atom. The van der Waals surface area contributed by atoms with Gasteiger partial charge in [-0.2, -0.15) is 0 Å². The van der Waals surface area contributed by atoms with Crippen LogP contribution in [0.15, 0.2) is 36.4 Å². The van der Waals surface area contributed by atoms with E-state index in [1.165, 1.54) is 6.07 Å². The molecule has 5 rings (SSSR count). The summed E-state index contributed by atoms with van der Waals surface area (Å²) < 4.78 is 38.8. The molecule has 2 aliphatic carbocycles. The van der Waals surface area contributed by atoms with E-state index in [0.29, 0.717) is 30.8 Å². The predicted octanol–water partition coefficient (Wildman–Crippen LogP) is 4.86. The van der Waals surface area contributed by atoms with E-state index in [9.17, 15) is 9.18 Å². The zero-order valence-electron chi connectivity index (χ0n) is 20.5. The van der Waals surface area contributed by atoms with E-state index in [-0.39, 0.29) is 29.7 Å². The molecule has 0 bridgehead atoms. The van der Waals surface area contributed by atoms with Gasteiger partial charge in [-0.1, -0.05) is 18.2 Å². The van der Waals surface area contributed by atoms with Gasteiger partial charge >= 0.3 is 13.1 Å². The standard InChI is InChI=1S/C27H32BFO5/c1-6-31-25(30)20-15-19(20)16-7-9-17(10-8-16)32-23-14-11-18-21(12-13-22(29)24(18)23)28-33-26(2,3)27(4,5)34-28/h7-10,12-13,19-20,23H,6,11,14-15H2,1-5H3/t19-,20+,23+/m0/s1. The fourth-order valence-corrected chi connectivity index (χ4v) is 5.04. The Balaban J connectivity index is 1.31. The monoisotopic (exact) mass is 466 g/mol. The Hall–Kier alpha value is -2.38. The number of carbonyl (C=O) groups is 1. The van der Waals surface area contributed by atoms with Gasteiger partial charge < -0.3 is 18.8 Å². The zero-order chi connectivity index (χ0) is 24.3. The highest BCUT2D eigenvalue weighted by Crippen LogP contribution is 2.48. The van der Waals surface area contributed by atoms with E-state index in [4.69, 9.17) is 18.8 Å². The largest absolute Gasteiger partial charge is 0.495 e. The van der Waals surface area contributed by atoms with Crippen LogP contribution in [-0.2, 0) is 25.3 Å². The lowest BCUT2D eigenvalue weighted by Gasteiger charge is -2.32. The number of hydrogen-bond acceptors (Lipinski definition) is 5. The summed E-state index contributed by atoms with van der Waals surface area (Å²) in [7, 11) is -0.525. The Morgan fingerprint density at radius 3 is 2.41 bits per heavy atom. The molecule has 1 saturated heterocycles. The lowest BCUT2D eigenvalue weighted by atomic mass is 9.75. The van der Waals surface area contributed by atoms with E-state index < -0.39 is 18.3 Å². The first kappa shape index (κ1) is 23.4. The smallest absolute Gasteiger partial charge is 0.486 e. The molecule has 2 aromatic rings. The van der Waals surface area contributed by atoms with Crippen molar-refractivity contribution in [2.75, 3.05) is 6.61 Å². The van der Waals surface area contributed by atoms with Gasteiger partial charge in [0.15, 0.2) is 0 Å². The highest BCUT2D eigenvalue weighted by Gasteiger charge is 2.53. The summed E-state index contributed by atoms with van der Waals surface area (Å²) in [6.45, 7) is 10.3. The van der Waals surface area contributed by atoms with Crippen molar-refractivity contribution in [1.29, 1.82) is 0 Å². The normalized spacial score (nSPS) is 26.3. The Morgan fingerprint density at radius 2 is 1.76 bits per heavy atom. The zero-order valence-corrected chi connectivity index (χ0v) is 20.5. The molecular weight excluding hydrogens is 434 g/mol. The number of fused-ring (bicyclic) bond motifs is 1. The second-order valence-electron chi connectivity index (χ2n) is 10.5. The first-order valence-corrected chi connectivity index (χ1v) is 12.2. The van der Waals surface area contributed by atoms with Crippen molar-refractivity contribution < 1.29 is 28.0 Å². The van der Waals surface area contributed by atoms with E-state index in [1.54, 1.807) is 6.07 Å². The average molecular weight is 466 g/mol. The van der Waals surface area contributed by atoms with Crippen LogP contribution in [0.2, 0.25) is 0 Å². The van der Waals surface area contributed by atoms with Gasteiger partial charge in [-0.25, -0.2) is 4.39 Å². The van der Waals surface area contributed by atoms with E-state index in [2.05, 4.69) is 0 Å². The molecule has 0 radical (unpaired) electrons. The number of benzene rings is 2. The molecule has 1 heterocycles. The summed E-state index contributed by atoms with van der Waals surface area (Å²) in [5.41, 5.74) is 2.60. The van der Waals surface area contributed by atoms with E-state index in [0.717, 1.165) is 23.0 Å². The van der Waals surface area contributed by atoms with Gasteiger partial charge in [0.25, 0.3) is 0 Å². The number of esters is 1. The molecule has 1 saturated carbocycles. The van der Waals surface area contributed by atoms with Gasteiger partial charge in [0, 0.05) is 5.56 Å². The third-order valence-electron chi connectivity index (χ3n) is 7.79. The highest BCUT2D eigenvalue weighted by atomic mass is 19.1. The molecule has 34 heavy (non-hydrogen) atoms. The molecular formula is C27H32BFO5. The van der Waals surface area contributed by atoms with Gasteiger partial charge in [-0.15, -0.1) is 0 Å². The number of ether oxygens (including phenoxy) is 2. The molecule has 0 aromatic heterocycles. The topological polar surface area (TPSA) is 54.0 Å². The lowest BCUT2D eigenvalue weighted by molar-refractivity contribution is -0.144.